The molecule has 0 bridgehead atoms. The fourth-order valence-electron chi connectivity index (χ4n) is 0.801. The molecule has 0 saturated heterocycles. The van der Waals surface area contributed by atoms with Crippen LogP contribution in [0.15, 0.2) is 24.3 Å². The Kier molecular flexibility index (Phi) is 2.99. The summed E-state index contributed by atoms with van der Waals surface area (Å²) in [5, 5.41) is 11.5. The summed E-state index contributed by atoms with van der Waals surface area (Å²) in [6.07, 6.45) is 0. The predicted octanol–water partition coefficient (Wildman–Crippen LogP) is -0.115. The van der Waals surface area contributed by atoms with Crippen LogP contribution in [0, 0.1) is 0 Å². The smallest absolute Gasteiger partial charge is 0.113 e. The van der Waals surface area contributed by atoms with Crippen molar-refractivity contribution in [2.75, 3.05) is 18.5 Å². The van der Waals surface area contributed by atoms with E-state index in [1.165, 1.54) is 0 Å². The summed E-state index contributed by atoms with van der Waals surface area (Å²) < 4.78 is 0. The molecule has 0 spiro atoms. The minimum Gasteiger partial charge on any atom is -0.395 e. The number of anilines is 1. The zero-order valence-corrected chi connectivity index (χ0v) is 6.25. The topological polar surface area (TPSA) is 32.3 Å². The van der Waals surface area contributed by atoms with Gasteiger partial charge in [0.15, 0.2) is 0 Å². The molecule has 3 heteroatoms. The van der Waals surface area contributed by atoms with Crippen molar-refractivity contribution < 1.29 is 5.11 Å². The highest BCUT2D eigenvalue weighted by molar-refractivity contribution is 6.32. The van der Waals surface area contributed by atoms with E-state index in [0.29, 0.717) is 6.54 Å². The molecular formula is C8H10BNO. The summed E-state index contributed by atoms with van der Waals surface area (Å²) in [5.74, 6) is 0. The van der Waals surface area contributed by atoms with Crippen molar-refractivity contribution in [2.45, 2.75) is 0 Å². The maximum absolute atomic E-state index is 8.49. The molecule has 1 rings (SSSR count). The second-order valence-corrected chi connectivity index (χ2v) is 2.27. The molecule has 56 valence electrons. The Morgan fingerprint density at radius 2 is 1.91 bits per heavy atom. The van der Waals surface area contributed by atoms with Crippen LogP contribution >= 0.6 is 0 Å². The lowest BCUT2D eigenvalue weighted by Gasteiger charge is -2.03. The van der Waals surface area contributed by atoms with E-state index in [-0.39, 0.29) is 6.61 Å². The van der Waals surface area contributed by atoms with E-state index in [0.717, 1.165) is 11.2 Å². The predicted molar refractivity (Wildman–Crippen MR) is 47.4 cm³/mol. The quantitative estimate of drug-likeness (QED) is 0.584. The summed E-state index contributed by atoms with van der Waals surface area (Å²) in [4.78, 5) is 0. The van der Waals surface area contributed by atoms with Gasteiger partial charge in [-0.15, -0.1) is 0 Å². The summed E-state index contributed by atoms with van der Waals surface area (Å²) >= 11 is 0. The molecule has 0 amide bonds. The van der Waals surface area contributed by atoms with Gasteiger partial charge in [-0.3, -0.25) is 0 Å². The Hall–Kier alpha value is -0.955. The largest absolute Gasteiger partial charge is 0.395 e. The first-order chi connectivity index (χ1) is 5.33. The Morgan fingerprint density at radius 1 is 1.27 bits per heavy atom. The number of hydrogen-bond donors (Lipinski definition) is 2. The number of rotatable bonds is 3. The van der Waals surface area contributed by atoms with Gasteiger partial charge in [-0.2, -0.15) is 0 Å². The van der Waals surface area contributed by atoms with Crippen LogP contribution < -0.4 is 10.8 Å². The summed E-state index contributed by atoms with van der Waals surface area (Å²) in [6.45, 7) is 0.717. The summed E-state index contributed by atoms with van der Waals surface area (Å²) in [7, 11) is 5.48. The van der Waals surface area contributed by atoms with Crippen LogP contribution in [0.2, 0.25) is 0 Å². The maximum Gasteiger partial charge on any atom is 0.113 e. The molecule has 0 aliphatic carbocycles. The average Bonchev–Trinajstić information content (AvgIpc) is 2.04. The highest BCUT2D eigenvalue weighted by Gasteiger charge is 1.87. The third kappa shape index (κ3) is 2.64. The second-order valence-electron chi connectivity index (χ2n) is 2.27. The van der Waals surface area contributed by atoms with Gasteiger partial charge in [0.25, 0.3) is 0 Å². The highest BCUT2D eigenvalue weighted by atomic mass is 16.3. The Bertz CT molecular complexity index is 210. The van der Waals surface area contributed by atoms with Crippen LogP contribution in [-0.2, 0) is 0 Å². The Balaban J connectivity index is 2.52. The van der Waals surface area contributed by atoms with Crippen LogP contribution in [-0.4, -0.2) is 26.1 Å². The van der Waals surface area contributed by atoms with E-state index in [1.807, 2.05) is 24.3 Å². The van der Waals surface area contributed by atoms with Crippen molar-refractivity contribution in [1.29, 1.82) is 0 Å². The minimum atomic E-state index is 0.143. The van der Waals surface area contributed by atoms with Gasteiger partial charge in [0.05, 0.1) is 6.61 Å². The number of benzene rings is 1. The van der Waals surface area contributed by atoms with Crippen LogP contribution in [0.4, 0.5) is 5.69 Å². The van der Waals surface area contributed by atoms with E-state index in [9.17, 15) is 0 Å². The molecule has 0 heterocycles. The normalized spacial score (nSPS) is 9.55. The van der Waals surface area contributed by atoms with Gasteiger partial charge in [-0.05, 0) is 12.1 Å². The molecule has 0 saturated carbocycles. The van der Waals surface area contributed by atoms with Crippen LogP contribution in [0.25, 0.3) is 0 Å². The van der Waals surface area contributed by atoms with Crippen molar-refractivity contribution in [2.24, 2.45) is 0 Å². The molecule has 1 aromatic carbocycles. The number of aliphatic hydroxyl groups is 1. The molecule has 0 aliphatic rings. The van der Waals surface area contributed by atoms with Gasteiger partial charge in [-0.25, -0.2) is 0 Å². The summed E-state index contributed by atoms with van der Waals surface area (Å²) in [6, 6.07) is 7.40. The van der Waals surface area contributed by atoms with Crippen LogP contribution in [0.3, 0.4) is 0 Å². The SMILES string of the molecule is [B]c1ccc(NCCO)cc1. The zero-order valence-electron chi connectivity index (χ0n) is 6.25. The van der Waals surface area contributed by atoms with E-state index < -0.39 is 0 Å². The lowest BCUT2D eigenvalue weighted by atomic mass is 9.96. The first-order valence-electron chi connectivity index (χ1n) is 3.53. The van der Waals surface area contributed by atoms with Crippen molar-refractivity contribution in [3.8, 4) is 0 Å². The molecular weight excluding hydrogens is 137 g/mol. The van der Waals surface area contributed by atoms with Crippen molar-refractivity contribution in [3.05, 3.63) is 24.3 Å². The average molecular weight is 147 g/mol. The van der Waals surface area contributed by atoms with Crippen LogP contribution in [0.5, 0.6) is 0 Å². The van der Waals surface area contributed by atoms with Gasteiger partial charge in [0.1, 0.15) is 7.85 Å². The molecule has 2 radical (unpaired) electrons. The van der Waals surface area contributed by atoms with E-state index in [2.05, 4.69) is 5.32 Å². The fourth-order valence-corrected chi connectivity index (χ4v) is 0.801. The molecule has 0 unspecified atom stereocenters. The molecule has 0 fully saturated rings. The standard InChI is InChI=1S/C8H10BNO/c9-7-1-3-8(4-2-7)10-5-6-11/h1-4,10-11H,5-6H2. The van der Waals surface area contributed by atoms with Crippen molar-refractivity contribution in [1.82, 2.24) is 0 Å². The Morgan fingerprint density at radius 3 is 2.45 bits per heavy atom. The zero-order chi connectivity index (χ0) is 8.10. The third-order valence-corrected chi connectivity index (χ3v) is 1.35. The molecule has 0 atom stereocenters. The third-order valence-electron chi connectivity index (χ3n) is 1.35. The van der Waals surface area contributed by atoms with Gasteiger partial charge >= 0.3 is 0 Å². The van der Waals surface area contributed by atoms with E-state index >= 15 is 0 Å². The molecule has 0 aromatic heterocycles. The van der Waals surface area contributed by atoms with Gasteiger partial charge < -0.3 is 10.4 Å². The van der Waals surface area contributed by atoms with E-state index in [1.54, 1.807) is 0 Å². The van der Waals surface area contributed by atoms with Gasteiger partial charge in [0.2, 0.25) is 0 Å². The first kappa shape index (κ1) is 8.14. The minimum absolute atomic E-state index is 0.143. The molecule has 0 aliphatic heterocycles. The highest BCUT2D eigenvalue weighted by Crippen LogP contribution is 2.01. The fraction of sp³-hybridized carbons (Fsp3) is 0.250. The molecule has 2 nitrogen and oxygen atoms in total. The maximum atomic E-state index is 8.49. The first-order valence-corrected chi connectivity index (χ1v) is 3.53. The van der Waals surface area contributed by atoms with Crippen molar-refractivity contribution >= 4 is 19.0 Å². The number of hydrogen-bond acceptors (Lipinski definition) is 2. The van der Waals surface area contributed by atoms with Gasteiger partial charge in [0, 0.05) is 12.2 Å². The summed E-state index contributed by atoms with van der Waals surface area (Å²) in [5.41, 5.74) is 1.73. The Labute approximate surface area is 67.7 Å². The second kappa shape index (κ2) is 4.03. The monoisotopic (exact) mass is 147 g/mol. The molecule has 11 heavy (non-hydrogen) atoms. The van der Waals surface area contributed by atoms with Crippen LogP contribution in [0.1, 0.15) is 0 Å². The van der Waals surface area contributed by atoms with Gasteiger partial charge in [-0.1, -0.05) is 17.6 Å². The molecule has 2 N–H and O–H groups in total. The number of aliphatic hydroxyl groups excluding tert-OH is 1. The molecule has 1 aromatic rings. The lowest BCUT2D eigenvalue weighted by molar-refractivity contribution is 0.311. The lowest BCUT2D eigenvalue weighted by Crippen LogP contribution is -2.07. The van der Waals surface area contributed by atoms with Crippen molar-refractivity contribution in [3.63, 3.8) is 0 Å². The number of nitrogens with one attached hydrogen (secondary N) is 1. The van der Waals surface area contributed by atoms with E-state index in [4.69, 9.17) is 13.0 Å².